The van der Waals surface area contributed by atoms with Crippen molar-refractivity contribution in [3.63, 3.8) is 0 Å². The van der Waals surface area contributed by atoms with E-state index < -0.39 is 11.7 Å². The van der Waals surface area contributed by atoms with Crippen LogP contribution in [0.1, 0.15) is 28.7 Å². The lowest BCUT2D eigenvalue weighted by Crippen LogP contribution is -2.31. The quantitative estimate of drug-likeness (QED) is 0.643. The second kappa shape index (κ2) is 7.66. The Morgan fingerprint density at radius 2 is 1.68 bits per heavy atom. The summed E-state index contributed by atoms with van der Waals surface area (Å²) in [6.45, 7) is 1.37. The van der Waals surface area contributed by atoms with Crippen molar-refractivity contribution < 1.29 is 13.2 Å². The highest BCUT2D eigenvalue weighted by molar-refractivity contribution is 6.00. The number of aryl methyl sites for hydroxylation is 1. The fourth-order valence-electron chi connectivity index (χ4n) is 3.83. The molecule has 0 unspecified atom stereocenters. The maximum absolute atomic E-state index is 13.7. The number of hydrogen-bond donors (Lipinski definition) is 1. The molecule has 0 bridgehead atoms. The van der Waals surface area contributed by atoms with Crippen molar-refractivity contribution in [2.24, 2.45) is 4.99 Å². The van der Waals surface area contributed by atoms with Gasteiger partial charge in [0.15, 0.2) is 0 Å². The van der Waals surface area contributed by atoms with Crippen molar-refractivity contribution in [3.8, 4) is 0 Å². The fraction of sp³-hybridized carbons (Fsp3) is 0.261. The van der Waals surface area contributed by atoms with Gasteiger partial charge in [0.05, 0.1) is 5.56 Å². The van der Waals surface area contributed by atoms with Crippen molar-refractivity contribution in [1.82, 2.24) is 5.32 Å². The van der Waals surface area contributed by atoms with E-state index in [2.05, 4.69) is 10.3 Å². The number of amidine groups is 1. The molecule has 1 N–H and O–H groups in total. The average Bonchev–Trinajstić information content (AvgIpc) is 2.72. The molecule has 0 fully saturated rings. The van der Waals surface area contributed by atoms with E-state index in [4.69, 9.17) is 0 Å². The Morgan fingerprint density at radius 1 is 0.893 bits per heavy atom. The lowest BCUT2D eigenvalue weighted by Gasteiger charge is -2.21. The van der Waals surface area contributed by atoms with Crippen LogP contribution < -0.4 is 5.32 Å². The lowest BCUT2D eigenvalue weighted by molar-refractivity contribution is -0.138. The largest absolute Gasteiger partial charge is 0.416 e. The van der Waals surface area contributed by atoms with Gasteiger partial charge in [0.1, 0.15) is 5.84 Å². The van der Waals surface area contributed by atoms with E-state index in [1.165, 1.54) is 12.1 Å². The molecule has 5 heteroatoms. The van der Waals surface area contributed by atoms with Gasteiger partial charge in [-0.3, -0.25) is 4.99 Å². The van der Waals surface area contributed by atoms with Crippen LogP contribution in [0.2, 0.25) is 0 Å². The zero-order valence-electron chi connectivity index (χ0n) is 15.4. The molecule has 0 saturated heterocycles. The molecule has 0 spiro atoms. The number of fused-ring (bicyclic) bond motifs is 1. The molecule has 3 aromatic carbocycles. The molecule has 0 atom stereocenters. The lowest BCUT2D eigenvalue weighted by atomic mass is 9.92. The van der Waals surface area contributed by atoms with Gasteiger partial charge >= 0.3 is 6.18 Å². The Labute approximate surface area is 162 Å². The first kappa shape index (κ1) is 18.5. The Morgan fingerprint density at radius 3 is 2.46 bits per heavy atom. The van der Waals surface area contributed by atoms with E-state index in [1.807, 2.05) is 42.5 Å². The van der Waals surface area contributed by atoms with Gasteiger partial charge in [-0.2, -0.15) is 13.2 Å². The molecule has 0 aliphatic carbocycles. The van der Waals surface area contributed by atoms with Crippen LogP contribution in [0.15, 0.2) is 65.7 Å². The van der Waals surface area contributed by atoms with Crippen LogP contribution in [0.5, 0.6) is 0 Å². The summed E-state index contributed by atoms with van der Waals surface area (Å²) in [6.07, 6.45) is -2.65. The summed E-state index contributed by atoms with van der Waals surface area (Å²) < 4.78 is 41.1. The molecule has 0 radical (unpaired) electrons. The smallest absolute Gasteiger partial charge is 0.370 e. The molecule has 1 aliphatic rings. The highest BCUT2D eigenvalue weighted by Gasteiger charge is 2.34. The number of aliphatic imine (C=N–C) groups is 1. The van der Waals surface area contributed by atoms with Crippen LogP contribution in [0, 0.1) is 0 Å². The van der Waals surface area contributed by atoms with Gasteiger partial charge in [0, 0.05) is 18.7 Å². The van der Waals surface area contributed by atoms with Gasteiger partial charge in [-0.25, -0.2) is 0 Å². The minimum absolute atomic E-state index is 0.305. The number of nitrogens with zero attached hydrogens (tertiary/aromatic N) is 1. The average molecular weight is 382 g/mol. The Bertz CT molecular complexity index is 1020. The Kier molecular flexibility index (Phi) is 5.07. The van der Waals surface area contributed by atoms with Gasteiger partial charge in [0.2, 0.25) is 0 Å². The topological polar surface area (TPSA) is 24.4 Å². The molecule has 0 saturated carbocycles. The van der Waals surface area contributed by atoms with E-state index in [-0.39, 0.29) is 0 Å². The summed E-state index contributed by atoms with van der Waals surface area (Å²) in [5.41, 5.74) is 1.37. The van der Waals surface area contributed by atoms with Crippen molar-refractivity contribution in [3.05, 3.63) is 82.9 Å². The maximum Gasteiger partial charge on any atom is 0.416 e. The van der Waals surface area contributed by atoms with Gasteiger partial charge in [0.25, 0.3) is 0 Å². The van der Waals surface area contributed by atoms with E-state index in [0.717, 1.165) is 29.3 Å². The van der Waals surface area contributed by atoms with E-state index in [9.17, 15) is 13.2 Å². The predicted molar refractivity (Wildman–Crippen MR) is 107 cm³/mol. The minimum Gasteiger partial charge on any atom is -0.370 e. The van der Waals surface area contributed by atoms with Crippen LogP contribution >= 0.6 is 0 Å². The number of halogens is 3. The molecule has 0 amide bonds. The minimum atomic E-state index is -4.39. The summed E-state index contributed by atoms with van der Waals surface area (Å²) in [5, 5.41) is 5.35. The van der Waals surface area contributed by atoms with Crippen molar-refractivity contribution in [2.45, 2.75) is 25.4 Å². The Hall–Kier alpha value is -2.82. The van der Waals surface area contributed by atoms with Crippen molar-refractivity contribution >= 4 is 16.6 Å². The van der Waals surface area contributed by atoms with Crippen LogP contribution in [0.25, 0.3) is 10.8 Å². The van der Waals surface area contributed by atoms with Gasteiger partial charge in [-0.15, -0.1) is 0 Å². The van der Waals surface area contributed by atoms with Crippen LogP contribution in [-0.4, -0.2) is 18.9 Å². The van der Waals surface area contributed by atoms with E-state index in [0.29, 0.717) is 36.3 Å². The highest BCUT2D eigenvalue weighted by Crippen LogP contribution is 2.34. The van der Waals surface area contributed by atoms with Crippen LogP contribution in [0.3, 0.4) is 0 Å². The third-order valence-corrected chi connectivity index (χ3v) is 5.16. The van der Waals surface area contributed by atoms with Gasteiger partial charge in [-0.1, -0.05) is 54.6 Å². The van der Waals surface area contributed by atoms with Crippen LogP contribution in [-0.2, 0) is 19.0 Å². The van der Waals surface area contributed by atoms with E-state index >= 15 is 0 Å². The molecule has 0 aromatic heterocycles. The number of alkyl halides is 3. The molecule has 144 valence electrons. The highest BCUT2D eigenvalue weighted by atomic mass is 19.4. The molecular weight excluding hydrogens is 361 g/mol. The SMILES string of the molecule is FC(F)(F)c1cccc(C2=NCCCN2)c1CCc1cccc2ccccc12. The van der Waals surface area contributed by atoms with Gasteiger partial charge in [-0.05, 0) is 47.2 Å². The Balaban J connectivity index is 1.74. The normalized spacial score (nSPS) is 14.6. The number of rotatable bonds is 4. The number of benzene rings is 3. The second-order valence-electron chi connectivity index (χ2n) is 6.98. The summed E-state index contributed by atoms with van der Waals surface area (Å²) >= 11 is 0. The molecule has 4 rings (SSSR count). The first-order valence-electron chi connectivity index (χ1n) is 9.48. The molecule has 1 aliphatic heterocycles. The number of nitrogens with one attached hydrogen (secondary N) is 1. The summed E-state index contributed by atoms with van der Waals surface area (Å²) in [4.78, 5) is 4.43. The second-order valence-corrected chi connectivity index (χ2v) is 6.98. The standard InChI is InChI=1S/C23H21F3N2/c24-23(25,26)21-11-4-10-20(22-27-14-5-15-28-22)19(21)13-12-17-8-3-7-16-6-1-2-9-18(16)17/h1-4,6-11H,5,12-15H2,(H,27,28). The third kappa shape index (κ3) is 3.75. The van der Waals surface area contributed by atoms with Crippen molar-refractivity contribution in [1.29, 1.82) is 0 Å². The van der Waals surface area contributed by atoms with Crippen molar-refractivity contribution in [2.75, 3.05) is 13.1 Å². The summed E-state index contributed by atoms with van der Waals surface area (Å²) in [5.74, 6) is 0.574. The maximum atomic E-state index is 13.7. The van der Waals surface area contributed by atoms with E-state index in [1.54, 1.807) is 6.07 Å². The monoisotopic (exact) mass is 382 g/mol. The van der Waals surface area contributed by atoms with Crippen LogP contribution in [0.4, 0.5) is 13.2 Å². The molecular formula is C23H21F3N2. The third-order valence-electron chi connectivity index (χ3n) is 5.16. The van der Waals surface area contributed by atoms with Gasteiger partial charge < -0.3 is 5.32 Å². The first-order valence-corrected chi connectivity index (χ1v) is 9.48. The molecule has 2 nitrogen and oxygen atoms in total. The number of hydrogen-bond acceptors (Lipinski definition) is 2. The molecule has 3 aromatic rings. The predicted octanol–water partition coefficient (Wildman–Crippen LogP) is 5.38. The molecule has 1 heterocycles. The zero-order chi connectivity index (χ0) is 19.6. The summed E-state index contributed by atoms with van der Waals surface area (Å²) in [7, 11) is 0. The fourth-order valence-corrected chi connectivity index (χ4v) is 3.83. The summed E-state index contributed by atoms with van der Waals surface area (Å²) in [6, 6.07) is 18.3. The zero-order valence-corrected chi connectivity index (χ0v) is 15.4. The first-order chi connectivity index (χ1) is 13.5. The molecule has 28 heavy (non-hydrogen) atoms.